The molecule has 8 heteroatoms. The van der Waals surface area contributed by atoms with Crippen molar-refractivity contribution in [3.63, 3.8) is 0 Å². The van der Waals surface area contributed by atoms with Gasteiger partial charge in [-0.25, -0.2) is 4.39 Å². The van der Waals surface area contributed by atoms with Crippen molar-refractivity contribution in [3.8, 4) is 22.6 Å². The first kappa shape index (κ1) is 27.0. The Morgan fingerprint density at radius 3 is 2.35 bits per heavy atom. The number of carboxylic acid groups (broad SMARTS) is 1. The molecule has 1 unspecified atom stereocenters. The molecule has 2 aromatic carbocycles. The fourth-order valence-corrected chi connectivity index (χ4v) is 3.53. The van der Waals surface area contributed by atoms with E-state index in [1.807, 2.05) is 19.9 Å². The van der Waals surface area contributed by atoms with Gasteiger partial charge >= 0.3 is 5.97 Å². The van der Waals surface area contributed by atoms with Gasteiger partial charge in [0.05, 0.1) is 19.8 Å². The van der Waals surface area contributed by atoms with E-state index in [-0.39, 0.29) is 18.2 Å². The molecular formula is C26H31FO7. The molecule has 0 saturated carbocycles. The Bertz CT molecular complexity index is 1010. The van der Waals surface area contributed by atoms with Gasteiger partial charge in [0.25, 0.3) is 0 Å². The van der Waals surface area contributed by atoms with Crippen molar-refractivity contribution in [1.29, 1.82) is 0 Å². The van der Waals surface area contributed by atoms with Gasteiger partial charge in [-0.05, 0) is 40.8 Å². The van der Waals surface area contributed by atoms with Gasteiger partial charge in [-0.2, -0.15) is 0 Å². The summed E-state index contributed by atoms with van der Waals surface area (Å²) in [7, 11) is 3.08. The molecule has 0 bridgehead atoms. The predicted octanol–water partition coefficient (Wildman–Crippen LogP) is 4.46. The van der Waals surface area contributed by atoms with Crippen LogP contribution in [0, 0.1) is 5.82 Å². The molecule has 7 nitrogen and oxygen atoms in total. The molecule has 0 aliphatic carbocycles. The Morgan fingerprint density at radius 2 is 1.79 bits per heavy atom. The molecule has 0 spiro atoms. The van der Waals surface area contributed by atoms with Crippen molar-refractivity contribution in [2.24, 2.45) is 0 Å². The quantitative estimate of drug-likeness (QED) is 0.326. The van der Waals surface area contributed by atoms with Crippen molar-refractivity contribution in [2.45, 2.75) is 38.7 Å². The molecule has 0 aliphatic rings. The Labute approximate surface area is 198 Å². The number of carboxylic acids is 1. The number of aliphatic hydroxyl groups is 1. The van der Waals surface area contributed by atoms with Crippen LogP contribution in [0.1, 0.15) is 43.7 Å². The molecule has 2 aromatic rings. The van der Waals surface area contributed by atoms with E-state index in [1.54, 1.807) is 25.3 Å². The number of carbonyl (C=O) groups is 2. The normalized spacial score (nSPS) is 12.2. The van der Waals surface area contributed by atoms with Crippen LogP contribution in [0.4, 0.5) is 4.39 Å². The second kappa shape index (κ2) is 12.9. The van der Waals surface area contributed by atoms with E-state index in [9.17, 15) is 19.1 Å². The molecule has 2 rings (SSSR count). The monoisotopic (exact) mass is 474 g/mol. The predicted molar refractivity (Wildman–Crippen MR) is 127 cm³/mol. The van der Waals surface area contributed by atoms with Crippen molar-refractivity contribution in [3.05, 3.63) is 53.4 Å². The number of hydrogen-bond acceptors (Lipinski definition) is 6. The summed E-state index contributed by atoms with van der Waals surface area (Å²) in [6.45, 7) is 4.68. The lowest BCUT2D eigenvalue weighted by atomic mass is 9.88. The number of hydrogen-bond donors (Lipinski definition) is 2. The van der Waals surface area contributed by atoms with Crippen LogP contribution in [0.15, 0.2) is 36.4 Å². The molecule has 184 valence electrons. The summed E-state index contributed by atoms with van der Waals surface area (Å²) in [6, 6.07) is 7.79. The van der Waals surface area contributed by atoms with E-state index in [4.69, 9.17) is 19.3 Å². The number of halogens is 1. The fourth-order valence-electron chi connectivity index (χ4n) is 3.53. The fraction of sp³-hybridized carbons (Fsp3) is 0.385. The van der Waals surface area contributed by atoms with Gasteiger partial charge in [-0.3, -0.25) is 9.59 Å². The van der Waals surface area contributed by atoms with Crippen molar-refractivity contribution >= 4 is 17.8 Å². The van der Waals surface area contributed by atoms with Crippen LogP contribution >= 0.6 is 0 Å². The van der Waals surface area contributed by atoms with Crippen LogP contribution in [0.5, 0.6) is 11.5 Å². The summed E-state index contributed by atoms with van der Waals surface area (Å²) in [4.78, 5) is 22.5. The molecule has 34 heavy (non-hydrogen) atoms. The number of ketones is 1. The van der Waals surface area contributed by atoms with E-state index < -0.39 is 24.3 Å². The summed E-state index contributed by atoms with van der Waals surface area (Å²) in [5.41, 5.74) is 2.91. The Balaban J connectivity index is 2.62. The van der Waals surface area contributed by atoms with Gasteiger partial charge in [0, 0.05) is 19.1 Å². The summed E-state index contributed by atoms with van der Waals surface area (Å²) < 4.78 is 30.4. The van der Waals surface area contributed by atoms with Crippen LogP contribution in [0.3, 0.4) is 0 Å². The third-order valence-electron chi connectivity index (χ3n) is 5.09. The largest absolute Gasteiger partial charge is 0.492 e. The SMILES string of the molecule is COCCOc1cc(C(C)C)c(/C=C/C(O)CC(=O)CC(=O)O)c(-c2ccc(F)cc2)c1OC. The summed E-state index contributed by atoms with van der Waals surface area (Å²) in [5, 5.41) is 19.1. The molecule has 0 heterocycles. The highest BCUT2D eigenvalue weighted by atomic mass is 19.1. The van der Waals surface area contributed by atoms with E-state index in [2.05, 4.69) is 0 Å². The maximum absolute atomic E-state index is 13.7. The van der Waals surface area contributed by atoms with E-state index in [0.717, 1.165) is 5.56 Å². The van der Waals surface area contributed by atoms with Crippen molar-refractivity contribution in [2.75, 3.05) is 27.4 Å². The number of carbonyl (C=O) groups excluding carboxylic acids is 1. The van der Waals surface area contributed by atoms with Gasteiger partial charge in [-0.15, -0.1) is 0 Å². The van der Waals surface area contributed by atoms with Crippen molar-refractivity contribution in [1.82, 2.24) is 0 Å². The maximum Gasteiger partial charge on any atom is 0.310 e. The molecule has 0 amide bonds. The lowest BCUT2D eigenvalue weighted by Gasteiger charge is -2.22. The molecule has 0 saturated heterocycles. The van der Waals surface area contributed by atoms with Crippen molar-refractivity contribution < 1.29 is 38.4 Å². The van der Waals surface area contributed by atoms with Gasteiger partial charge in [0.2, 0.25) is 0 Å². The third-order valence-corrected chi connectivity index (χ3v) is 5.09. The first-order valence-electron chi connectivity index (χ1n) is 10.9. The van der Waals surface area contributed by atoms with Gasteiger partial charge < -0.3 is 24.4 Å². The number of benzene rings is 2. The average molecular weight is 475 g/mol. The Hall–Kier alpha value is -3.23. The summed E-state index contributed by atoms with van der Waals surface area (Å²) in [6.07, 6.45) is 0.981. The highest BCUT2D eigenvalue weighted by molar-refractivity contribution is 5.95. The van der Waals surface area contributed by atoms with Crippen LogP contribution in [-0.2, 0) is 14.3 Å². The topological polar surface area (TPSA) is 102 Å². The highest BCUT2D eigenvalue weighted by Crippen LogP contribution is 2.45. The lowest BCUT2D eigenvalue weighted by Crippen LogP contribution is -2.14. The molecule has 1 atom stereocenters. The van der Waals surface area contributed by atoms with Crippen LogP contribution < -0.4 is 9.47 Å². The molecule has 2 N–H and O–H groups in total. The Morgan fingerprint density at radius 1 is 1.12 bits per heavy atom. The molecule has 0 aliphatic heterocycles. The summed E-state index contributed by atoms with van der Waals surface area (Å²) >= 11 is 0. The minimum Gasteiger partial charge on any atom is -0.492 e. The molecule has 0 fully saturated rings. The van der Waals surface area contributed by atoms with E-state index in [1.165, 1.54) is 25.3 Å². The zero-order valence-electron chi connectivity index (χ0n) is 19.8. The smallest absolute Gasteiger partial charge is 0.310 e. The van der Waals surface area contributed by atoms with Gasteiger partial charge in [0.1, 0.15) is 24.6 Å². The summed E-state index contributed by atoms with van der Waals surface area (Å²) in [5.74, 6) is -1.23. The highest BCUT2D eigenvalue weighted by Gasteiger charge is 2.22. The zero-order valence-corrected chi connectivity index (χ0v) is 19.8. The first-order valence-corrected chi connectivity index (χ1v) is 10.9. The number of ether oxygens (including phenoxy) is 3. The second-order valence-electron chi connectivity index (χ2n) is 8.03. The number of aliphatic carboxylic acids is 1. The number of methoxy groups -OCH3 is 2. The van der Waals surface area contributed by atoms with Gasteiger partial charge in [0.15, 0.2) is 11.5 Å². The standard InChI is InChI=1S/C26H31FO7/c1-16(2)22-15-23(34-12-11-32-3)26(33-4)25(17-5-7-18(27)8-6-17)21(22)10-9-19(28)13-20(29)14-24(30)31/h5-10,15-16,19,28H,11-14H2,1-4H3,(H,30,31)/b10-9+. The number of rotatable bonds is 13. The van der Waals surface area contributed by atoms with Crippen LogP contribution in [-0.4, -0.2) is 55.5 Å². The Kier molecular flexibility index (Phi) is 10.2. The molecule has 0 aromatic heterocycles. The minimum absolute atomic E-state index is 0.0420. The number of Topliss-reactive ketones (excluding diaryl/α,β-unsaturated/α-hetero) is 1. The maximum atomic E-state index is 13.7. The van der Waals surface area contributed by atoms with Crippen LogP contribution in [0.25, 0.3) is 17.2 Å². The zero-order chi connectivity index (χ0) is 25.3. The van der Waals surface area contributed by atoms with E-state index in [0.29, 0.717) is 41.4 Å². The molecular weight excluding hydrogens is 443 g/mol. The van der Waals surface area contributed by atoms with Crippen LogP contribution in [0.2, 0.25) is 0 Å². The minimum atomic E-state index is -1.24. The van der Waals surface area contributed by atoms with E-state index >= 15 is 0 Å². The second-order valence-corrected chi connectivity index (χ2v) is 8.03. The number of aliphatic hydroxyl groups excluding tert-OH is 1. The first-order chi connectivity index (χ1) is 16.2. The molecule has 0 radical (unpaired) electrons. The average Bonchev–Trinajstić information content (AvgIpc) is 2.77. The third kappa shape index (κ3) is 7.40. The van der Waals surface area contributed by atoms with Gasteiger partial charge in [-0.1, -0.05) is 38.1 Å². The lowest BCUT2D eigenvalue weighted by molar-refractivity contribution is -0.140.